The van der Waals surface area contributed by atoms with Crippen molar-refractivity contribution in [1.82, 2.24) is 4.98 Å². The molecule has 0 N–H and O–H groups in total. The zero-order chi connectivity index (χ0) is 16.2. The van der Waals surface area contributed by atoms with E-state index in [0.717, 1.165) is 32.5 Å². The molecule has 0 radical (unpaired) electrons. The molecule has 0 aliphatic carbocycles. The molecule has 0 unspecified atom stereocenters. The van der Waals surface area contributed by atoms with Gasteiger partial charge >= 0.3 is 0 Å². The highest BCUT2D eigenvalue weighted by atomic mass is 35.5. The molecule has 0 atom stereocenters. The minimum absolute atomic E-state index is 0.674. The number of pyridine rings is 1. The number of nitrogens with zero attached hydrogens (tertiary/aromatic N) is 1. The largest absolute Gasteiger partial charge is 0.494 e. The Morgan fingerprint density at radius 3 is 2.61 bits per heavy atom. The van der Waals surface area contributed by atoms with Gasteiger partial charge in [-0.2, -0.15) is 0 Å². The van der Waals surface area contributed by atoms with Crippen molar-refractivity contribution in [2.45, 2.75) is 24.6 Å². The average Bonchev–Trinajstić information content (AvgIpc) is 2.55. The maximum atomic E-state index is 5.93. The van der Waals surface area contributed by atoms with Crippen LogP contribution >= 0.6 is 23.4 Å². The summed E-state index contributed by atoms with van der Waals surface area (Å²) in [4.78, 5) is 4.79. The zero-order valence-electron chi connectivity index (χ0n) is 13.2. The van der Waals surface area contributed by atoms with Crippen molar-refractivity contribution in [3.63, 3.8) is 0 Å². The van der Waals surface area contributed by atoms with Crippen molar-refractivity contribution in [1.29, 1.82) is 0 Å². The molecule has 118 valence electrons. The van der Waals surface area contributed by atoms with Crippen molar-refractivity contribution in [2.75, 3.05) is 6.61 Å². The molecule has 23 heavy (non-hydrogen) atoms. The Morgan fingerprint density at radius 2 is 1.87 bits per heavy atom. The van der Waals surface area contributed by atoms with Crippen LogP contribution in [0.5, 0.6) is 5.75 Å². The molecule has 0 aliphatic rings. The van der Waals surface area contributed by atoms with Gasteiger partial charge in [-0.3, -0.25) is 0 Å². The summed E-state index contributed by atoms with van der Waals surface area (Å²) >= 11 is 7.68. The van der Waals surface area contributed by atoms with Gasteiger partial charge in [-0.1, -0.05) is 23.7 Å². The molecule has 0 saturated heterocycles. The Labute approximate surface area is 145 Å². The highest BCUT2D eigenvalue weighted by molar-refractivity contribution is 7.98. The van der Waals surface area contributed by atoms with Crippen LogP contribution in [0.4, 0.5) is 0 Å². The van der Waals surface area contributed by atoms with Crippen molar-refractivity contribution in [2.24, 2.45) is 0 Å². The second-order valence-corrected chi connectivity index (χ2v) is 6.71. The maximum Gasteiger partial charge on any atom is 0.120 e. The summed E-state index contributed by atoms with van der Waals surface area (Å²) in [5.74, 6) is 1.77. The number of ether oxygens (including phenoxy) is 1. The second-order valence-electron chi connectivity index (χ2n) is 5.31. The van der Waals surface area contributed by atoms with E-state index in [2.05, 4.69) is 25.1 Å². The minimum atomic E-state index is 0.674. The molecule has 3 rings (SSSR count). The van der Waals surface area contributed by atoms with Crippen molar-refractivity contribution < 1.29 is 4.74 Å². The van der Waals surface area contributed by atoms with Crippen molar-refractivity contribution in [3.05, 3.63) is 64.7 Å². The van der Waals surface area contributed by atoms with Crippen molar-refractivity contribution in [3.8, 4) is 5.75 Å². The van der Waals surface area contributed by atoms with Crippen LogP contribution in [-0.2, 0) is 5.75 Å². The Balaban J connectivity index is 1.82. The molecular weight excluding hydrogens is 326 g/mol. The van der Waals surface area contributed by atoms with E-state index in [1.54, 1.807) is 11.8 Å². The fourth-order valence-electron chi connectivity index (χ4n) is 2.38. The van der Waals surface area contributed by atoms with Crippen LogP contribution < -0.4 is 4.74 Å². The number of halogens is 1. The molecule has 1 heterocycles. The smallest absolute Gasteiger partial charge is 0.120 e. The van der Waals surface area contributed by atoms with E-state index < -0.39 is 0 Å². The first-order chi connectivity index (χ1) is 11.2. The third-order valence-electron chi connectivity index (χ3n) is 3.53. The predicted octanol–water partition coefficient (Wildman–Crippen LogP) is 5.89. The van der Waals surface area contributed by atoms with Crippen molar-refractivity contribution >= 4 is 34.3 Å². The van der Waals surface area contributed by atoms with Crippen LogP contribution in [0.2, 0.25) is 5.02 Å². The van der Waals surface area contributed by atoms with Crippen LogP contribution in [-0.4, -0.2) is 11.6 Å². The molecule has 1 aromatic heterocycles. The van der Waals surface area contributed by atoms with Gasteiger partial charge in [-0.05, 0) is 61.4 Å². The number of benzene rings is 2. The molecule has 0 fully saturated rings. The van der Waals surface area contributed by atoms with E-state index in [-0.39, 0.29) is 0 Å². The lowest BCUT2D eigenvalue weighted by Crippen LogP contribution is -1.93. The summed E-state index contributed by atoms with van der Waals surface area (Å²) in [7, 11) is 0. The fraction of sp³-hybridized carbons (Fsp3) is 0.211. The fourth-order valence-corrected chi connectivity index (χ4v) is 3.45. The molecule has 3 aromatic rings. The molecule has 0 aliphatic heterocycles. The normalized spacial score (nSPS) is 10.9. The van der Waals surface area contributed by atoms with Gasteiger partial charge in [0.15, 0.2) is 0 Å². The number of aryl methyl sites for hydroxylation is 1. The number of hydrogen-bond acceptors (Lipinski definition) is 3. The highest BCUT2D eigenvalue weighted by Crippen LogP contribution is 2.29. The lowest BCUT2D eigenvalue weighted by atomic mass is 10.1. The summed E-state index contributed by atoms with van der Waals surface area (Å²) < 4.78 is 5.56. The molecule has 0 saturated carbocycles. The maximum absolute atomic E-state index is 5.93. The molecule has 0 bridgehead atoms. The van der Waals surface area contributed by atoms with E-state index in [9.17, 15) is 0 Å². The number of hydrogen-bond donors (Lipinski definition) is 0. The first-order valence-electron chi connectivity index (χ1n) is 7.57. The van der Waals surface area contributed by atoms with Crippen LogP contribution in [0, 0.1) is 6.92 Å². The Morgan fingerprint density at radius 1 is 1.09 bits per heavy atom. The first-order valence-corrected chi connectivity index (χ1v) is 8.93. The molecule has 2 aromatic carbocycles. The van der Waals surface area contributed by atoms with Crippen LogP contribution in [0.25, 0.3) is 10.9 Å². The minimum Gasteiger partial charge on any atom is -0.494 e. The zero-order valence-corrected chi connectivity index (χ0v) is 14.7. The quantitative estimate of drug-likeness (QED) is 0.539. The third-order valence-corrected chi connectivity index (χ3v) is 4.95. The van der Waals surface area contributed by atoms with Gasteiger partial charge < -0.3 is 4.74 Å². The number of thioether (sulfide) groups is 1. The predicted molar refractivity (Wildman–Crippen MR) is 98.7 cm³/mol. The Hall–Kier alpha value is -1.71. The average molecular weight is 344 g/mol. The third kappa shape index (κ3) is 3.98. The summed E-state index contributed by atoms with van der Waals surface area (Å²) in [5, 5.41) is 2.95. The number of rotatable bonds is 5. The lowest BCUT2D eigenvalue weighted by Gasteiger charge is -2.09. The Kier molecular flexibility index (Phi) is 5.09. The van der Waals surface area contributed by atoms with Gasteiger partial charge in [0, 0.05) is 16.2 Å². The van der Waals surface area contributed by atoms with E-state index in [4.69, 9.17) is 21.3 Å². The standard InChI is InChI=1S/C19H18ClNOS/c1-3-22-17-8-9-18-15(11-17)10-13(2)19(21-18)23-12-14-4-6-16(20)7-5-14/h4-11H,3,12H2,1-2H3. The highest BCUT2D eigenvalue weighted by Gasteiger charge is 2.06. The van der Waals surface area contributed by atoms with E-state index in [0.29, 0.717) is 6.61 Å². The van der Waals surface area contributed by atoms with Gasteiger partial charge in [0.1, 0.15) is 5.75 Å². The molecular formula is C19H18ClNOS. The van der Waals surface area contributed by atoms with Crippen LogP contribution in [0.3, 0.4) is 0 Å². The molecule has 4 heteroatoms. The number of aromatic nitrogens is 1. The number of fused-ring (bicyclic) bond motifs is 1. The Bertz CT molecular complexity index is 817. The molecule has 0 spiro atoms. The summed E-state index contributed by atoms with van der Waals surface area (Å²) in [6, 6.07) is 16.2. The summed E-state index contributed by atoms with van der Waals surface area (Å²) in [5.41, 5.74) is 3.43. The SMILES string of the molecule is CCOc1ccc2nc(SCc3ccc(Cl)cc3)c(C)cc2c1. The molecule has 2 nitrogen and oxygen atoms in total. The van der Waals surface area contributed by atoms with Gasteiger partial charge in [0.25, 0.3) is 0 Å². The molecule has 0 amide bonds. The monoisotopic (exact) mass is 343 g/mol. The second kappa shape index (κ2) is 7.24. The van der Waals surface area contributed by atoms with Gasteiger partial charge in [0.05, 0.1) is 17.1 Å². The van der Waals surface area contributed by atoms with Gasteiger partial charge in [0.2, 0.25) is 0 Å². The van der Waals surface area contributed by atoms with Crippen LogP contribution in [0.1, 0.15) is 18.1 Å². The summed E-state index contributed by atoms with van der Waals surface area (Å²) in [6.07, 6.45) is 0. The van der Waals surface area contributed by atoms with Crippen LogP contribution in [0.15, 0.2) is 53.6 Å². The van der Waals surface area contributed by atoms with E-state index in [1.807, 2.05) is 37.3 Å². The van der Waals surface area contributed by atoms with Gasteiger partial charge in [-0.25, -0.2) is 4.98 Å². The van der Waals surface area contributed by atoms with Gasteiger partial charge in [-0.15, -0.1) is 11.8 Å². The summed E-state index contributed by atoms with van der Waals surface area (Å²) in [6.45, 7) is 4.77. The van der Waals surface area contributed by atoms with E-state index >= 15 is 0 Å². The lowest BCUT2D eigenvalue weighted by molar-refractivity contribution is 0.340. The first kappa shape index (κ1) is 16.2. The topological polar surface area (TPSA) is 22.1 Å². The van der Waals surface area contributed by atoms with E-state index in [1.165, 1.54) is 11.1 Å².